The van der Waals surface area contributed by atoms with Gasteiger partial charge in [0.15, 0.2) is 0 Å². The lowest BCUT2D eigenvalue weighted by Crippen LogP contribution is -2.12. The molecule has 12 nitrogen and oxygen atoms in total. The number of nitrogens with two attached hydrogens (primary N) is 3. The quantitative estimate of drug-likeness (QED) is 0.121. The van der Waals surface area contributed by atoms with Crippen LogP contribution in [0.4, 0.5) is 0 Å². The molecule has 6 rings (SSSR count). The second-order valence-corrected chi connectivity index (χ2v) is 18.0. The third-order valence-corrected chi connectivity index (χ3v) is 16.1. The Labute approximate surface area is 267 Å². The first kappa shape index (κ1) is 31.9. The van der Waals surface area contributed by atoms with Gasteiger partial charge in [-0.05, 0) is 60.7 Å². The summed E-state index contributed by atoms with van der Waals surface area (Å²) in [4.78, 5) is 0. The summed E-state index contributed by atoms with van der Waals surface area (Å²) >= 11 is 0. The van der Waals surface area contributed by atoms with Crippen molar-refractivity contribution in [3.63, 3.8) is 0 Å². The van der Waals surface area contributed by atoms with Crippen LogP contribution in [0.2, 0.25) is 0 Å². The Balaban J connectivity index is 1.65. The summed E-state index contributed by atoms with van der Waals surface area (Å²) in [6.45, 7) is 0. The fourth-order valence-electron chi connectivity index (χ4n) is 4.09. The van der Waals surface area contributed by atoms with Crippen LogP contribution in [0, 0.1) is 0 Å². The maximum Gasteiger partial charge on any atom is 0.455 e. The fraction of sp³-hybridized carbons (Fsp3) is 0. The van der Waals surface area contributed by atoms with Crippen molar-refractivity contribution in [2.45, 2.75) is 0 Å². The molecule has 0 radical (unpaired) electrons. The lowest BCUT2D eigenvalue weighted by molar-refractivity contribution is 0.474. The molecule has 5 aromatic rings. The smallest absolute Gasteiger partial charge is 0.431 e. The summed E-state index contributed by atoms with van der Waals surface area (Å²) < 4.78 is 51.7. The molecule has 5 aromatic carbocycles. The van der Waals surface area contributed by atoms with Gasteiger partial charge < -0.3 is 22.6 Å². The lowest BCUT2D eigenvalue weighted by atomic mass is 10.3. The van der Waals surface area contributed by atoms with Crippen LogP contribution < -0.4 is 39.1 Å². The summed E-state index contributed by atoms with van der Waals surface area (Å²) in [6.07, 6.45) is 0. The summed E-state index contributed by atoms with van der Waals surface area (Å²) in [7, 11) is -15.6. The van der Waals surface area contributed by atoms with Crippen LogP contribution in [-0.2, 0) is 0 Å². The van der Waals surface area contributed by atoms with Gasteiger partial charge in [-0.2, -0.15) is 0 Å². The maximum atomic E-state index is 7.12. The van der Waals surface area contributed by atoms with Gasteiger partial charge in [-0.25, -0.2) is 5.50 Å². The minimum Gasteiger partial charge on any atom is -0.431 e. The van der Waals surface area contributed by atoms with E-state index in [1.54, 1.807) is 121 Å². The van der Waals surface area contributed by atoms with Crippen LogP contribution in [0.25, 0.3) is 0 Å². The van der Waals surface area contributed by atoms with E-state index in [9.17, 15) is 0 Å². The number of hydrogen-bond donors (Lipinski definition) is 3. The predicted octanol–water partition coefficient (Wildman–Crippen LogP) is 10.1. The van der Waals surface area contributed by atoms with Crippen molar-refractivity contribution in [3.8, 4) is 28.7 Å². The summed E-state index contributed by atoms with van der Waals surface area (Å²) in [5.41, 5.74) is 20.6. The molecule has 1 heterocycles. The Kier molecular flexibility index (Phi) is 9.50. The highest BCUT2D eigenvalue weighted by molar-refractivity contribution is 7.80. The van der Waals surface area contributed by atoms with Crippen molar-refractivity contribution in [1.82, 2.24) is 0 Å². The largest absolute Gasteiger partial charge is 0.455 e. The first-order valence-corrected chi connectivity index (χ1v) is 20.4. The highest BCUT2D eigenvalue weighted by atomic mass is 31.3. The Morgan fingerprint density at radius 2 is 0.609 bits per heavy atom. The highest BCUT2D eigenvalue weighted by Gasteiger charge is 2.42. The van der Waals surface area contributed by atoms with E-state index in [1.165, 1.54) is 0 Å². The standard InChI is InChI=1S/C30H31N7O5P4/c31-43(32)34-45(39-27-18-8-2-9-19-27,40-28-20-10-3-11-21-28)36-44(33,38-26-16-6-1-7-17-26)37-46(35-43,41-29-22-12-4-13-23-29)42-30-24-14-5-15-25-30/h1-25H,31-33H2. The van der Waals surface area contributed by atoms with E-state index in [0.717, 1.165) is 0 Å². The van der Waals surface area contributed by atoms with Crippen molar-refractivity contribution >= 4 is 30.4 Å². The molecule has 16 heteroatoms. The van der Waals surface area contributed by atoms with Gasteiger partial charge in [0, 0.05) is 0 Å². The molecule has 236 valence electrons. The lowest BCUT2D eigenvalue weighted by Gasteiger charge is -2.30. The van der Waals surface area contributed by atoms with Gasteiger partial charge >= 0.3 is 22.9 Å². The van der Waals surface area contributed by atoms with Crippen LogP contribution in [0.3, 0.4) is 0 Å². The number of para-hydroxylation sites is 5. The number of rotatable bonds is 10. The normalized spacial score (nSPS) is 19.2. The van der Waals surface area contributed by atoms with E-state index >= 15 is 0 Å². The van der Waals surface area contributed by atoms with Gasteiger partial charge in [0.1, 0.15) is 28.7 Å². The molecule has 0 amide bonds. The molecule has 1 unspecified atom stereocenters. The molecule has 0 bridgehead atoms. The zero-order valence-corrected chi connectivity index (χ0v) is 27.9. The molecule has 0 aromatic heterocycles. The molecule has 1 aliphatic heterocycles. The predicted molar refractivity (Wildman–Crippen MR) is 185 cm³/mol. The van der Waals surface area contributed by atoms with Crippen LogP contribution in [-0.4, -0.2) is 0 Å². The molecule has 6 N–H and O–H groups in total. The number of benzene rings is 5. The molecule has 0 fully saturated rings. The Morgan fingerprint density at radius 3 is 0.935 bits per heavy atom. The summed E-state index contributed by atoms with van der Waals surface area (Å²) in [6, 6.07) is 44.4. The van der Waals surface area contributed by atoms with Crippen molar-refractivity contribution in [2.75, 3.05) is 0 Å². The minimum atomic E-state index is -3.94. The molecule has 0 saturated carbocycles. The third-order valence-electron chi connectivity index (χ3n) is 5.85. The molecule has 0 spiro atoms. The van der Waals surface area contributed by atoms with Crippen molar-refractivity contribution in [1.29, 1.82) is 0 Å². The van der Waals surface area contributed by atoms with Crippen molar-refractivity contribution in [2.24, 2.45) is 34.6 Å². The van der Waals surface area contributed by atoms with Gasteiger partial charge in [-0.3, -0.25) is 11.0 Å². The summed E-state index contributed by atoms with van der Waals surface area (Å²) in [5, 5.41) is 0. The molecular weight excluding hydrogens is 662 g/mol. The molecule has 1 aliphatic rings. The van der Waals surface area contributed by atoms with Gasteiger partial charge in [-0.1, -0.05) is 91.0 Å². The second kappa shape index (κ2) is 13.7. The third kappa shape index (κ3) is 8.38. The maximum absolute atomic E-state index is 7.12. The molecule has 1 atom stereocenters. The van der Waals surface area contributed by atoms with Gasteiger partial charge in [0.2, 0.25) is 7.51 Å². The molecular formula is C30H31N7O5P4. The molecule has 0 saturated heterocycles. The zero-order valence-electron chi connectivity index (χ0n) is 24.3. The van der Waals surface area contributed by atoms with Gasteiger partial charge in [-0.15, -0.1) is 18.1 Å². The van der Waals surface area contributed by atoms with Crippen LogP contribution in [0.1, 0.15) is 0 Å². The first-order chi connectivity index (χ1) is 22.2. The van der Waals surface area contributed by atoms with E-state index in [4.69, 9.17) is 57.2 Å². The second-order valence-electron chi connectivity index (χ2n) is 9.65. The Hall–Kier alpha value is -4.10. The van der Waals surface area contributed by atoms with Crippen LogP contribution >= 0.6 is 30.4 Å². The van der Waals surface area contributed by atoms with Gasteiger partial charge in [0.05, 0.1) is 0 Å². The molecule has 46 heavy (non-hydrogen) atoms. The van der Waals surface area contributed by atoms with E-state index in [0.29, 0.717) is 28.7 Å². The van der Waals surface area contributed by atoms with Crippen molar-refractivity contribution in [3.05, 3.63) is 152 Å². The number of hydrogen-bond acceptors (Lipinski definition) is 12. The Bertz CT molecular complexity index is 1830. The molecule has 0 aliphatic carbocycles. The monoisotopic (exact) mass is 693 g/mol. The van der Waals surface area contributed by atoms with E-state index in [-0.39, 0.29) is 0 Å². The summed E-state index contributed by atoms with van der Waals surface area (Å²) in [5.74, 6) is 1.91. The van der Waals surface area contributed by atoms with E-state index in [2.05, 4.69) is 0 Å². The zero-order chi connectivity index (χ0) is 31.9. The number of nitrogens with zero attached hydrogens (tertiary/aromatic N) is 4. The Morgan fingerprint density at radius 1 is 0.326 bits per heavy atom. The van der Waals surface area contributed by atoms with Crippen LogP contribution in [0.15, 0.2) is 170 Å². The minimum absolute atomic E-state index is 0.378. The first-order valence-electron chi connectivity index (χ1n) is 13.9. The topological polar surface area (TPSA) is 174 Å². The van der Waals surface area contributed by atoms with Crippen molar-refractivity contribution < 1.29 is 22.6 Å². The van der Waals surface area contributed by atoms with Crippen LogP contribution in [0.5, 0.6) is 28.7 Å². The average molecular weight is 694 g/mol. The SMILES string of the molecule is NP1(N)=NP(Oc2ccccc2)(Oc2ccccc2)=NP(N)(Oc2ccccc2)=NP(Oc2ccccc2)(Oc2ccccc2)=N1. The fourth-order valence-corrected chi connectivity index (χ4v) is 15.0. The van der Waals surface area contributed by atoms with Gasteiger partial charge in [0.25, 0.3) is 0 Å². The highest BCUT2D eigenvalue weighted by Crippen LogP contribution is 2.74. The average Bonchev–Trinajstić information content (AvgIpc) is 3.02. The van der Waals surface area contributed by atoms with E-state index < -0.39 is 30.4 Å². The van der Waals surface area contributed by atoms with E-state index in [1.807, 2.05) is 30.3 Å².